The predicted octanol–water partition coefficient (Wildman–Crippen LogP) is 4.92. The molecule has 3 aromatic rings. The monoisotopic (exact) mass is 400 g/mol. The predicted molar refractivity (Wildman–Crippen MR) is 122 cm³/mol. The topological polar surface area (TPSA) is 58.1 Å². The van der Waals surface area contributed by atoms with Gasteiger partial charge in [0.25, 0.3) is 0 Å². The minimum absolute atomic E-state index is 0.0568. The number of piperidine rings is 1. The maximum absolute atomic E-state index is 12.8. The van der Waals surface area contributed by atoms with Crippen molar-refractivity contribution >= 4 is 17.4 Å². The van der Waals surface area contributed by atoms with E-state index in [4.69, 9.17) is 0 Å². The number of nitrogens with zero attached hydrogens (tertiary/aromatic N) is 3. The highest BCUT2D eigenvalue weighted by Crippen LogP contribution is 2.25. The Hall–Kier alpha value is -3.21. The van der Waals surface area contributed by atoms with Crippen LogP contribution in [0.25, 0.3) is 11.3 Å². The van der Waals surface area contributed by atoms with Gasteiger partial charge in [0, 0.05) is 24.3 Å². The molecule has 5 nitrogen and oxygen atoms in total. The molecule has 1 aromatic heterocycles. The standard InChI is InChI=1S/C25H28N4O/c1-17-6-4-7-20(14-17)23-11-12-24(28-27-23)29-13-5-8-21(16-29)25(30)26-22-10-9-18(2)19(3)15-22/h4,6-7,9-12,14-15,21H,5,8,13,16H2,1-3H3,(H,26,30). The number of amides is 1. The summed E-state index contributed by atoms with van der Waals surface area (Å²) in [7, 11) is 0. The van der Waals surface area contributed by atoms with Crippen LogP contribution < -0.4 is 10.2 Å². The van der Waals surface area contributed by atoms with Crippen LogP contribution in [-0.2, 0) is 4.79 Å². The maximum atomic E-state index is 12.8. The van der Waals surface area contributed by atoms with Crippen molar-refractivity contribution in [3.8, 4) is 11.3 Å². The Morgan fingerprint density at radius 1 is 1.00 bits per heavy atom. The van der Waals surface area contributed by atoms with Crippen LogP contribution in [0.2, 0.25) is 0 Å². The number of anilines is 2. The molecule has 1 atom stereocenters. The lowest BCUT2D eigenvalue weighted by Gasteiger charge is -2.32. The molecule has 1 aliphatic rings. The highest BCUT2D eigenvalue weighted by atomic mass is 16.1. The third-order valence-electron chi connectivity index (χ3n) is 5.85. The molecule has 0 radical (unpaired) electrons. The van der Waals surface area contributed by atoms with Crippen LogP contribution in [0.15, 0.2) is 54.6 Å². The van der Waals surface area contributed by atoms with Crippen molar-refractivity contribution in [2.45, 2.75) is 33.6 Å². The van der Waals surface area contributed by atoms with E-state index in [0.29, 0.717) is 6.54 Å². The Bertz CT molecular complexity index is 1050. The molecule has 1 aliphatic heterocycles. The Balaban J connectivity index is 1.43. The largest absolute Gasteiger partial charge is 0.354 e. The molecule has 4 rings (SSSR count). The number of nitrogens with one attached hydrogen (secondary N) is 1. The fourth-order valence-corrected chi connectivity index (χ4v) is 3.91. The number of carbonyl (C=O) groups excluding carboxylic acids is 1. The molecule has 1 amide bonds. The van der Waals surface area contributed by atoms with E-state index in [2.05, 4.69) is 53.3 Å². The number of benzene rings is 2. The second kappa shape index (κ2) is 8.66. The average Bonchev–Trinajstić information content (AvgIpc) is 2.76. The molecule has 2 heterocycles. The van der Waals surface area contributed by atoms with Gasteiger partial charge in [-0.3, -0.25) is 4.79 Å². The number of aromatic nitrogens is 2. The van der Waals surface area contributed by atoms with Gasteiger partial charge < -0.3 is 10.2 Å². The zero-order valence-electron chi connectivity index (χ0n) is 17.9. The van der Waals surface area contributed by atoms with Crippen molar-refractivity contribution in [1.82, 2.24) is 10.2 Å². The Kier molecular flexibility index (Phi) is 5.79. The van der Waals surface area contributed by atoms with Crippen molar-refractivity contribution in [2.24, 2.45) is 5.92 Å². The normalized spacial score (nSPS) is 16.4. The summed E-state index contributed by atoms with van der Waals surface area (Å²) in [6.45, 7) is 7.76. The summed E-state index contributed by atoms with van der Waals surface area (Å²) in [5.41, 5.74) is 6.41. The van der Waals surface area contributed by atoms with E-state index in [1.807, 2.05) is 42.5 Å². The van der Waals surface area contributed by atoms with E-state index in [1.165, 1.54) is 16.7 Å². The van der Waals surface area contributed by atoms with Gasteiger partial charge >= 0.3 is 0 Å². The third-order valence-corrected chi connectivity index (χ3v) is 5.85. The first-order valence-corrected chi connectivity index (χ1v) is 10.5. The molecular weight excluding hydrogens is 372 g/mol. The molecule has 154 valence electrons. The van der Waals surface area contributed by atoms with Crippen molar-refractivity contribution in [2.75, 3.05) is 23.3 Å². The maximum Gasteiger partial charge on any atom is 0.229 e. The lowest BCUT2D eigenvalue weighted by Crippen LogP contribution is -2.41. The highest BCUT2D eigenvalue weighted by Gasteiger charge is 2.27. The lowest BCUT2D eigenvalue weighted by molar-refractivity contribution is -0.120. The minimum atomic E-state index is -0.0568. The summed E-state index contributed by atoms with van der Waals surface area (Å²) in [5, 5.41) is 12.0. The van der Waals surface area contributed by atoms with Gasteiger partial charge in [-0.1, -0.05) is 29.8 Å². The minimum Gasteiger partial charge on any atom is -0.354 e. The fraction of sp³-hybridized carbons (Fsp3) is 0.320. The highest BCUT2D eigenvalue weighted by molar-refractivity contribution is 5.93. The van der Waals surface area contributed by atoms with Gasteiger partial charge in [-0.05, 0) is 75.1 Å². The molecule has 1 N–H and O–H groups in total. The van der Waals surface area contributed by atoms with Crippen molar-refractivity contribution < 1.29 is 4.79 Å². The Labute approximate surface area is 178 Å². The first-order chi connectivity index (χ1) is 14.5. The molecule has 5 heteroatoms. The summed E-state index contributed by atoms with van der Waals surface area (Å²) < 4.78 is 0. The van der Waals surface area contributed by atoms with Crippen LogP contribution in [0, 0.1) is 26.7 Å². The quantitative estimate of drug-likeness (QED) is 0.675. The summed E-state index contributed by atoms with van der Waals surface area (Å²) in [5.74, 6) is 0.848. The van der Waals surface area contributed by atoms with Crippen molar-refractivity contribution in [3.05, 3.63) is 71.3 Å². The number of rotatable bonds is 4. The Morgan fingerprint density at radius 2 is 1.87 bits per heavy atom. The number of aryl methyl sites for hydroxylation is 3. The molecule has 0 saturated carbocycles. The SMILES string of the molecule is Cc1cccc(-c2ccc(N3CCCC(C(=O)Nc4ccc(C)c(C)c4)C3)nn2)c1. The second-order valence-corrected chi connectivity index (χ2v) is 8.22. The first kappa shape index (κ1) is 20.1. The van der Waals surface area contributed by atoms with Gasteiger partial charge in [0.15, 0.2) is 5.82 Å². The van der Waals surface area contributed by atoms with Crippen LogP contribution in [-0.4, -0.2) is 29.2 Å². The van der Waals surface area contributed by atoms with Gasteiger partial charge in [-0.25, -0.2) is 0 Å². The van der Waals surface area contributed by atoms with E-state index in [-0.39, 0.29) is 11.8 Å². The van der Waals surface area contributed by atoms with Gasteiger partial charge in [0.1, 0.15) is 0 Å². The molecule has 1 unspecified atom stereocenters. The Morgan fingerprint density at radius 3 is 2.60 bits per heavy atom. The molecule has 2 aromatic carbocycles. The number of carbonyl (C=O) groups is 1. The van der Waals surface area contributed by atoms with Crippen LogP contribution in [0.5, 0.6) is 0 Å². The summed E-state index contributed by atoms with van der Waals surface area (Å²) in [6.07, 6.45) is 1.86. The smallest absolute Gasteiger partial charge is 0.229 e. The van der Waals surface area contributed by atoms with E-state index in [9.17, 15) is 4.79 Å². The van der Waals surface area contributed by atoms with Gasteiger partial charge in [-0.2, -0.15) is 0 Å². The summed E-state index contributed by atoms with van der Waals surface area (Å²) in [4.78, 5) is 15.0. The van der Waals surface area contributed by atoms with Gasteiger partial charge in [0.2, 0.25) is 5.91 Å². The number of hydrogen-bond acceptors (Lipinski definition) is 4. The average molecular weight is 401 g/mol. The second-order valence-electron chi connectivity index (χ2n) is 8.22. The molecule has 0 spiro atoms. The first-order valence-electron chi connectivity index (χ1n) is 10.5. The molecule has 0 bridgehead atoms. The number of hydrogen-bond donors (Lipinski definition) is 1. The van der Waals surface area contributed by atoms with Crippen LogP contribution in [0.4, 0.5) is 11.5 Å². The van der Waals surface area contributed by atoms with Crippen LogP contribution in [0.1, 0.15) is 29.5 Å². The molecule has 1 saturated heterocycles. The van der Waals surface area contributed by atoms with Crippen LogP contribution >= 0.6 is 0 Å². The lowest BCUT2D eigenvalue weighted by atomic mass is 9.97. The summed E-state index contributed by atoms with van der Waals surface area (Å²) in [6, 6.07) is 18.3. The van der Waals surface area contributed by atoms with Crippen LogP contribution in [0.3, 0.4) is 0 Å². The van der Waals surface area contributed by atoms with E-state index in [1.54, 1.807) is 0 Å². The third kappa shape index (κ3) is 4.51. The van der Waals surface area contributed by atoms with Crippen molar-refractivity contribution in [3.63, 3.8) is 0 Å². The van der Waals surface area contributed by atoms with E-state index < -0.39 is 0 Å². The summed E-state index contributed by atoms with van der Waals surface area (Å²) >= 11 is 0. The molecular formula is C25H28N4O. The fourth-order valence-electron chi connectivity index (χ4n) is 3.91. The van der Waals surface area contributed by atoms with Gasteiger partial charge in [-0.15, -0.1) is 10.2 Å². The molecule has 0 aliphatic carbocycles. The van der Waals surface area contributed by atoms with Gasteiger partial charge in [0.05, 0.1) is 11.6 Å². The van der Waals surface area contributed by atoms with E-state index in [0.717, 1.165) is 42.1 Å². The molecule has 30 heavy (non-hydrogen) atoms. The molecule has 1 fully saturated rings. The zero-order valence-corrected chi connectivity index (χ0v) is 17.9. The van der Waals surface area contributed by atoms with Crippen molar-refractivity contribution in [1.29, 1.82) is 0 Å². The van der Waals surface area contributed by atoms with E-state index >= 15 is 0 Å². The zero-order chi connectivity index (χ0) is 21.1.